The van der Waals surface area contributed by atoms with Crippen LogP contribution in [0.5, 0.6) is 0 Å². The van der Waals surface area contributed by atoms with Crippen LogP contribution in [0.3, 0.4) is 0 Å². The van der Waals surface area contributed by atoms with E-state index in [1.165, 1.54) is 0 Å². The lowest BCUT2D eigenvalue weighted by molar-refractivity contribution is 0.402. The Kier molecular flexibility index (Phi) is 4.83. The molecular formula is C13H18Br2N2O2S. The van der Waals surface area contributed by atoms with Gasteiger partial charge in [-0.1, -0.05) is 13.8 Å². The van der Waals surface area contributed by atoms with Gasteiger partial charge >= 0.3 is 0 Å². The van der Waals surface area contributed by atoms with Crippen molar-refractivity contribution in [2.45, 2.75) is 37.6 Å². The number of sulfonamides is 1. The van der Waals surface area contributed by atoms with Crippen LogP contribution in [0.2, 0.25) is 0 Å². The number of anilines is 1. The van der Waals surface area contributed by atoms with E-state index < -0.39 is 10.0 Å². The van der Waals surface area contributed by atoms with Crippen LogP contribution in [0.1, 0.15) is 26.7 Å². The Morgan fingerprint density at radius 2 is 1.75 bits per heavy atom. The van der Waals surface area contributed by atoms with E-state index in [0.29, 0.717) is 26.5 Å². The summed E-state index contributed by atoms with van der Waals surface area (Å²) in [6.07, 6.45) is 1.93. The van der Waals surface area contributed by atoms with Crippen LogP contribution in [0.25, 0.3) is 0 Å². The molecule has 0 radical (unpaired) electrons. The van der Waals surface area contributed by atoms with Crippen LogP contribution in [0, 0.1) is 11.8 Å². The average molecular weight is 426 g/mol. The first kappa shape index (κ1) is 16.3. The number of hydrogen-bond donors (Lipinski definition) is 2. The minimum Gasteiger partial charge on any atom is -0.399 e. The summed E-state index contributed by atoms with van der Waals surface area (Å²) in [5, 5.41) is 0. The van der Waals surface area contributed by atoms with Gasteiger partial charge in [0.25, 0.3) is 0 Å². The molecule has 4 nitrogen and oxygen atoms in total. The Morgan fingerprint density at radius 3 is 2.20 bits per heavy atom. The predicted octanol–water partition coefficient (Wildman–Crippen LogP) is 3.51. The molecule has 112 valence electrons. The summed E-state index contributed by atoms with van der Waals surface area (Å²) >= 11 is 6.56. The molecule has 7 heteroatoms. The average Bonchev–Trinajstić information content (AvgIpc) is 2.58. The van der Waals surface area contributed by atoms with E-state index in [1.54, 1.807) is 12.1 Å². The first-order valence-corrected chi connectivity index (χ1v) is 9.56. The molecule has 0 bridgehead atoms. The zero-order chi connectivity index (χ0) is 15.1. The maximum Gasteiger partial charge on any atom is 0.243 e. The zero-order valence-corrected chi connectivity index (χ0v) is 15.3. The van der Waals surface area contributed by atoms with Crippen molar-refractivity contribution in [2.24, 2.45) is 11.8 Å². The number of hydrogen-bond acceptors (Lipinski definition) is 3. The molecule has 20 heavy (non-hydrogen) atoms. The third-order valence-electron chi connectivity index (χ3n) is 4.06. The Labute approximate surface area is 136 Å². The van der Waals surface area contributed by atoms with Gasteiger partial charge in [-0.2, -0.15) is 0 Å². The van der Waals surface area contributed by atoms with Crippen molar-refractivity contribution in [3.05, 3.63) is 21.1 Å². The fourth-order valence-electron chi connectivity index (χ4n) is 2.63. The molecule has 0 amide bonds. The second-order valence-corrected chi connectivity index (χ2v) is 8.81. The van der Waals surface area contributed by atoms with Crippen molar-refractivity contribution in [3.8, 4) is 0 Å². The van der Waals surface area contributed by atoms with E-state index in [2.05, 4.69) is 50.4 Å². The monoisotopic (exact) mass is 424 g/mol. The summed E-state index contributed by atoms with van der Waals surface area (Å²) in [5.41, 5.74) is 6.21. The zero-order valence-electron chi connectivity index (χ0n) is 11.4. The van der Waals surface area contributed by atoms with E-state index in [9.17, 15) is 8.42 Å². The highest BCUT2D eigenvalue weighted by atomic mass is 79.9. The Morgan fingerprint density at radius 1 is 1.20 bits per heavy atom. The first-order chi connectivity index (χ1) is 9.22. The van der Waals surface area contributed by atoms with E-state index in [0.717, 1.165) is 12.8 Å². The molecular weight excluding hydrogens is 408 g/mol. The molecule has 3 atom stereocenters. The lowest BCUT2D eigenvalue weighted by Gasteiger charge is -2.20. The molecule has 1 aliphatic rings. The summed E-state index contributed by atoms with van der Waals surface area (Å²) in [6.45, 7) is 4.26. The molecule has 1 aromatic rings. The van der Waals surface area contributed by atoms with Crippen molar-refractivity contribution in [1.82, 2.24) is 4.72 Å². The van der Waals surface area contributed by atoms with Crippen molar-refractivity contribution in [3.63, 3.8) is 0 Å². The number of nitrogen functional groups attached to an aromatic ring is 1. The van der Waals surface area contributed by atoms with Gasteiger partial charge in [0, 0.05) is 20.7 Å². The van der Waals surface area contributed by atoms with E-state index in [4.69, 9.17) is 5.73 Å². The molecule has 1 aliphatic carbocycles. The molecule has 2 rings (SSSR count). The fourth-order valence-corrected chi connectivity index (χ4v) is 6.61. The fraction of sp³-hybridized carbons (Fsp3) is 0.538. The Bertz CT molecular complexity index is 596. The number of nitrogens with one attached hydrogen (secondary N) is 1. The molecule has 0 heterocycles. The first-order valence-electron chi connectivity index (χ1n) is 6.49. The van der Waals surface area contributed by atoms with Crippen LogP contribution < -0.4 is 10.5 Å². The van der Waals surface area contributed by atoms with Gasteiger partial charge in [0.1, 0.15) is 4.90 Å². The molecule has 1 saturated carbocycles. The van der Waals surface area contributed by atoms with Gasteiger partial charge in [-0.25, -0.2) is 13.1 Å². The number of nitrogens with two attached hydrogens (primary N) is 1. The third-order valence-corrected chi connectivity index (χ3v) is 7.43. The number of benzene rings is 1. The minimum atomic E-state index is -3.58. The summed E-state index contributed by atoms with van der Waals surface area (Å²) in [4.78, 5) is 0.207. The lowest BCUT2D eigenvalue weighted by Crippen LogP contribution is -2.37. The van der Waals surface area contributed by atoms with E-state index in [1.807, 2.05) is 0 Å². The maximum absolute atomic E-state index is 12.6. The highest BCUT2D eigenvalue weighted by Gasteiger charge is 2.34. The topological polar surface area (TPSA) is 72.2 Å². The van der Waals surface area contributed by atoms with Crippen molar-refractivity contribution >= 4 is 47.6 Å². The van der Waals surface area contributed by atoms with Crippen LogP contribution in [-0.4, -0.2) is 14.5 Å². The standard InChI is InChI=1S/C13H18Br2N2O2S/c1-7-3-4-12(8(7)2)17-20(18,19)13-10(14)5-9(16)6-11(13)15/h5-8,12,17H,3-4,16H2,1-2H3. The van der Waals surface area contributed by atoms with Crippen LogP contribution in [-0.2, 0) is 10.0 Å². The molecule has 0 saturated heterocycles. The molecule has 3 N–H and O–H groups in total. The van der Waals surface area contributed by atoms with Gasteiger partial charge in [-0.15, -0.1) is 0 Å². The van der Waals surface area contributed by atoms with Gasteiger partial charge in [0.2, 0.25) is 10.0 Å². The van der Waals surface area contributed by atoms with Gasteiger partial charge in [-0.3, -0.25) is 0 Å². The van der Waals surface area contributed by atoms with E-state index in [-0.39, 0.29) is 10.9 Å². The molecule has 3 unspecified atom stereocenters. The largest absolute Gasteiger partial charge is 0.399 e. The van der Waals surface area contributed by atoms with Crippen LogP contribution in [0.15, 0.2) is 26.0 Å². The van der Waals surface area contributed by atoms with Crippen molar-refractivity contribution in [2.75, 3.05) is 5.73 Å². The lowest BCUT2D eigenvalue weighted by atomic mass is 9.98. The molecule has 1 aromatic carbocycles. The summed E-state index contributed by atoms with van der Waals surface area (Å²) in [6, 6.07) is 3.19. The highest BCUT2D eigenvalue weighted by Crippen LogP contribution is 2.35. The van der Waals surface area contributed by atoms with Crippen LogP contribution in [0.4, 0.5) is 5.69 Å². The molecule has 0 spiro atoms. The van der Waals surface area contributed by atoms with Gasteiger partial charge < -0.3 is 5.73 Å². The Balaban J connectivity index is 2.32. The molecule has 1 fully saturated rings. The minimum absolute atomic E-state index is 0.00801. The van der Waals surface area contributed by atoms with Crippen molar-refractivity contribution in [1.29, 1.82) is 0 Å². The predicted molar refractivity (Wildman–Crippen MR) is 87.9 cm³/mol. The van der Waals surface area contributed by atoms with Gasteiger partial charge in [-0.05, 0) is 68.7 Å². The number of halogens is 2. The molecule has 0 aromatic heterocycles. The molecule has 0 aliphatic heterocycles. The third kappa shape index (κ3) is 3.21. The quantitative estimate of drug-likeness (QED) is 0.727. The highest BCUT2D eigenvalue weighted by molar-refractivity contribution is 9.11. The normalized spacial score (nSPS) is 26.9. The van der Waals surface area contributed by atoms with Crippen molar-refractivity contribution < 1.29 is 8.42 Å². The Hall–Kier alpha value is -0.110. The second-order valence-electron chi connectivity index (χ2n) is 5.46. The second kappa shape index (κ2) is 5.94. The van der Waals surface area contributed by atoms with Gasteiger partial charge in [0.05, 0.1) is 0 Å². The maximum atomic E-state index is 12.6. The van der Waals surface area contributed by atoms with E-state index >= 15 is 0 Å². The smallest absolute Gasteiger partial charge is 0.243 e. The SMILES string of the molecule is CC1CCC(NS(=O)(=O)c2c(Br)cc(N)cc2Br)C1C. The summed E-state index contributed by atoms with van der Waals surface area (Å²) in [7, 11) is -3.58. The van der Waals surface area contributed by atoms with Gasteiger partial charge in [0.15, 0.2) is 0 Å². The number of rotatable bonds is 3. The summed E-state index contributed by atoms with van der Waals surface area (Å²) < 4.78 is 28.9. The summed E-state index contributed by atoms with van der Waals surface area (Å²) in [5.74, 6) is 0.886. The van der Waals surface area contributed by atoms with Crippen LogP contribution >= 0.6 is 31.9 Å².